The molecular formula is C18H23NO4. The van der Waals surface area contributed by atoms with Crippen LogP contribution in [0, 0.1) is 5.92 Å². The second-order valence-electron chi connectivity index (χ2n) is 6.59. The summed E-state index contributed by atoms with van der Waals surface area (Å²) < 4.78 is 5.20. The molecule has 1 saturated carbocycles. The highest BCUT2D eigenvalue weighted by molar-refractivity contribution is 5.89. The van der Waals surface area contributed by atoms with Crippen LogP contribution < -0.4 is 4.74 Å². The Balaban J connectivity index is 1.85. The van der Waals surface area contributed by atoms with Crippen LogP contribution in [0.3, 0.4) is 0 Å². The van der Waals surface area contributed by atoms with Gasteiger partial charge in [0.25, 0.3) is 0 Å². The van der Waals surface area contributed by atoms with Gasteiger partial charge in [-0.15, -0.1) is 0 Å². The number of carbonyl (C=O) groups is 2. The molecule has 1 saturated heterocycles. The molecule has 1 aromatic rings. The predicted octanol–water partition coefficient (Wildman–Crippen LogP) is 2.44. The summed E-state index contributed by atoms with van der Waals surface area (Å²) in [7, 11) is 1.63. The Kier molecular flexibility index (Phi) is 4.28. The van der Waals surface area contributed by atoms with Gasteiger partial charge in [-0.1, -0.05) is 25.0 Å². The van der Waals surface area contributed by atoms with E-state index in [0.29, 0.717) is 19.5 Å². The van der Waals surface area contributed by atoms with Crippen LogP contribution in [0.15, 0.2) is 24.3 Å². The number of likely N-dealkylation sites (tertiary alicyclic amines) is 1. The number of methoxy groups -OCH3 is 1. The smallest absolute Gasteiger partial charge is 0.308 e. The first-order valence-corrected chi connectivity index (χ1v) is 8.23. The van der Waals surface area contributed by atoms with Crippen molar-refractivity contribution in [2.45, 2.75) is 37.5 Å². The van der Waals surface area contributed by atoms with Crippen molar-refractivity contribution < 1.29 is 19.4 Å². The lowest BCUT2D eigenvalue weighted by Gasteiger charge is -2.33. The van der Waals surface area contributed by atoms with E-state index >= 15 is 0 Å². The number of ether oxygens (including phenoxy) is 1. The quantitative estimate of drug-likeness (QED) is 0.926. The third-order valence-corrected chi connectivity index (χ3v) is 5.33. The van der Waals surface area contributed by atoms with E-state index in [-0.39, 0.29) is 5.91 Å². The van der Waals surface area contributed by atoms with E-state index in [9.17, 15) is 9.59 Å². The molecule has 1 amide bonds. The standard InChI is InChI=1S/C18H23NO4/c1-23-15-6-4-14(5-7-15)18(9-2-3-10-18)17(22)19-11-8-13(12-19)16(20)21/h4-7,13H,2-3,8-12H2,1H3,(H,20,21). The molecule has 23 heavy (non-hydrogen) atoms. The lowest BCUT2D eigenvalue weighted by atomic mass is 9.77. The fourth-order valence-corrected chi connectivity index (χ4v) is 3.96. The summed E-state index contributed by atoms with van der Waals surface area (Å²) >= 11 is 0. The van der Waals surface area contributed by atoms with E-state index in [1.54, 1.807) is 12.0 Å². The van der Waals surface area contributed by atoms with Gasteiger partial charge >= 0.3 is 5.97 Å². The fourth-order valence-electron chi connectivity index (χ4n) is 3.96. The number of carboxylic acids is 1. The van der Waals surface area contributed by atoms with E-state index in [4.69, 9.17) is 9.84 Å². The van der Waals surface area contributed by atoms with E-state index in [1.807, 2.05) is 24.3 Å². The van der Waals surface area contributed by atoms with Crippen LogP contribution in [0.4, 0.5) is 0 Å². The largest absolute Gasteiger partial charge is 0.497 e. The average molecular weight is 317 g/mol. The normalized spacial score (nSPS) is 23.0. The van der Waals surface area contributed by atoms with Crippen molar-refractivity contribution in [1.29, 1.82) is 0 Å². The van der Waals surface area contributed by atoms with Gasteiger partial charge in [0, 0.05) is 13.1 Å². The van der Waals surface area contributed by atoms with Crippen molar-refractivity contribution in [3.8, 4) is 5.75 Å². The Labute approximate surface area is 136 Å². The Bertz CT molecular complexity index is 590. The van der Waals surface area contributed by atoms with Crippen molar-refractivity contribution in [1.82, 2.24) is 4.90 Å². The highest BCUT2D eigenvalue weighted by Gasteiger charge is 2.46. The summed E-state index contributed by atoms with van der Waals surface area (Å²) in [5.74, 6) is -0.344. The number of benzene rings is 1. The second-order valence-corrected chi connectivity index (χ2v) is 6.59. The number of hydrogen-bond acceptors (Lipinski definition) is 3. The molecular weight excluding hydrogens is 294 g/mol. The van der Waals surface area contributed by atoms with Crippen LogP contribution in [0.1, 0.15) is 37.7 Å². The molecule has 1 aliphatic heterocycles. The van der Waals surface area contributed by atoms with Gasteiger partial charge in [-0.2, -0.15) is 0 Å². The summed E-state index contributed by atoms with van der Waals surface area (Å²) in [5, 5.41) is 9.17. The number of hydrogen-bond donors (Lipinski definition) is 1. The number of amides is 1. The summed E-state index contributed by atoms with van der Waals surface area (Å²) in [4.78, 5) is 26.1. The number of carbonyl (C=O) groups excluding carboxylic acids is 1. The highest BCUT2D eigenvalue weighted by Crippen LogP contribution is 2.43. The molecule has 0 radical (unpaired) electrons. The average Bonchev–Trinajstić information content (AvgIpc) is 3.24. The van der Waals surface area contributed by atoms with Crippen LogP contribution >= 0.6 is 0 Å². The predicted molar refractivity (Wildman–Crippen MR) is 85.5 cm³/mol. The van der Waals surface area contributed by atoms with Gasteiger partial charge in [-0.3, -0.25) is 9.59 Å². The highest BCUT2D eigenvalue weighted by atomic mass is 16.5. The van der Waals surface area contributed by atoms with Crippen LogP contribution in [-0.2, 0) is 15.0 Å². The van der Waals surface area contributed by atoms with Crippen molar-refractivity contribution in [3.63, 3.8) is 0 Å². The SMILES string of the molecule is COc1ccc(C2(C(=O)N3CCC(C(=O)O)C3)CCCC2)cc1. The molecule has 1 aliphatic carbocycles. The summed E-state index contributed by atoms with van der Waals surface area (Å²) in [6, 6.07) is 7.75. The summed E-state index contributed by atoms with van der Waals surface area (Å²) in [6.07, 6.45) is 4.31. The zero-order valence-corrected chi connectivity index (χ0v) is 13.5. The van der Waals surface area contributed by atoms with Crippen LogP contribution in [-0.4, -0.2) is 42.1 Å². The Morgan fingerprint density at radius 2 is 1.87 bits per heavy atom. The molecule has 1 heterocycles. The zero-order chi connectivity index (χ0) is 16.4. The molecule has 2 fully saturated rings. The third-order valence-electron chi connectivity index (χ3n) is 5.33. The van der Waals surface area contributed by atoms with Crippen molar-refractivity contribution >= 4 is 11.9 Å². The zero-order valence-electron chi connectivity index (χ0n) is 13.5. The van der Waals surface area contributed by atoms with Gasteiger partial charge in [0.05, 0.1) is 18.4 Å². The van der Waals surface area contributed by atoms with Gasteiger partial charge in [-0.25, -0.2) is 0 Å². The molecule has 3 rings (SSSR count). The Morgan fingerprint density at radius 3 is 2.39 bits per heavy atom. The molecule has 1 N–H and O–H groups in total. The maximum absolute atomic E-state index is 13.2. The van der Waals surface area contributed by atoms with Gasteiger partial charge in [0.15, 0.2) is 0 Å². The molecule has 1 aromatic carbocycles. The van der Waals surface area contributed by atoms with Crippen molar-refractivity contribution in [2.24, 2.45) is 5.92 Å². The number of aliphatic carboxylic acids is 1. The molecule has 0 bridgehead atoms. The van der Waals surface area contributed by atoms with Gasteiger partial charge in [-0.05, 0) is 37.0 Å². The van der Waals surface area contributed by atoms with Gasteiger partial charge < -0.3 is 14.7 Å². The van der Waals surface area contributed by atoms with E-state index in [0.717, 1.165) is 37.0 Å². The van der Waals surface area contributed by atoms with Crippen LogP contribution in [0.25, 0.3) is 0 Å². The first kappa shape index (κ1) is 15.8. The summed E-state index contributed by atoms with van der Waals surface area (Å²) in [5.41, 5.74) is 0.541. The molecule has 124 valence electrons. The number of carboxylic acid groups (broad SMARTS) is 1. The fraction of sp³-hybridized carbons (Fsp3) is 0.556. The van der Waals surface area contributed by atoms with E-state index in [1.165, 1.54) is 0 Å². The van der Waals surface area contributed by atoms with Crippen LogP contribution in [0.5, 0.6) is 5.75 Å². The van der Waals surface area contributed by atoms with E-state index in [2.05, 4.69) is 0 Å². The molecule has 1 atom stereocenters. The molecule has 1 unspecified atom stereocenters. The number of rotatable bonds is 4. The minimum Gasteiger partial charge on any atom is -0.497 e. The lowest BCUT2D eigenvalue weighted by molar-refractivity contribution is -0.142. The minimum absolute atomic E-state index is 0.101. The number of nitrogens with zero attached hydrogens (tertiary/aromatic N) is 1. The van der Waals surface area contributed by atoms with Gasteiger partial charge in [0.2, 0.25) is 5.91 Å². The van der Waals surface area contributed by atoms with Crippen molar-refractivity contribution in [2.75, 3.05) is 20.2 Å². The third kappa shape index (κ3) is 2.80. The van der Waals surface area contributed by atoms with Crippen molar-refractivity contribution in [3.05, 3.63) is 29.8 Å². The molecule has 5 nitrogen and oxygen atoms in total. The monoisotopic (exact) mass is 317 g/mol. The molecule has 0 aromatic heterocycles. The minimum atomic E-state index is -0.801. The van der Waals surface area contributed by atoms with Gasteiger partial charge in [0.1, 0.15) is 5.75 Å². The molecule has 5 heteroatoms. The maximum Gasteiger partial charge on any atom is 0.308 e. The first-order chi connectivity index (χ1) is 11.1. The van der Waals surface area contributed by atoms with Crippen LogP contribution in [0.2, 0.25) is 0 Å². The maximum atomic E-state index is 13.2. The molecule has 2 aliphatic rings. The lowest BCUT2D eigenvalue weighted by Crippen LogP contribution is -2.44. The second kappa shape index (κ2) is 6.22. The summed E-state index contributed by atoms with van der Waals surface area (Å²) in [6.45, 7) is 0.889. The van der Waals surface area contributed by atoms with E-state index < -0.39 is 17.3 Å². The Hall–Kier alpha value is -2.04. The first-order valence-electron chi connectivity index (χ1n) is 8.23. The molecule has 0 spiro atoms. The topological polar surface area (TPSA) is 66.8 Å². The Morgan fingerprint density at radius 1 is 1.22 bits per heavy atom.